The number of aryl methyl sites for hydroxylation is 2. The van der Waals surface area contributed by atoms with Gasteiger partial charge in [-0.1, -0.05) is 0 Å². The summed E-state index contributed by atoms with van der Waals surface area (Å²) in [6.45, 7) is 5.83. The number of amides is 2. The van der Waals surface area contributed by atoms with Crippen LogP contribution in [-0.4, -0.2) is 51.2 Å². The maximum Gasteiger partial charge on any atom is 0.242 e. The summed E-state index contributed by atoms with van der Waals surface area (Å²) in [4.78, 5) is 36.6. The van der Waals surface area contributed by atoms with Crippen molar-refractivity contribution in [3.8, 4) is 0 Å². The average Bonchev–Trinajstić information content (AvgIpc) is 3.21. The fourth-order valence-corrected chi connectivity index (χ4v) is 4.09. The molecule has 1 N–H and O–H groups in total. The number of hydrogen-bond acceptors (Lipinski definition) is 3. The number of likely N-dealkylation sites (tertiary alicyclic amines) is 2. The molecular weight excluding hydrogens is 328 g/mol. The Hall–Kier alpha value is -2.37. The van der Waals surface area contributed by atoms with Crippen molar-refractivity contribution in [1.29, 1.82) is 0 Å². The van der Waals surface area contributed by atoms with Crippen molar-refractivity contribution in [2.75, 3.05) is 19.6 Å². The highest BCUT2D eigenvalue weighted by molar-refractivity contribution is 5.86. The number of imidazole rings is 1. The fraction of sp³-hybridized carbons (Fsp3) is 0.550. The zero-order valence-corrected chi connectivity index (χ0v) is 15.5. The molecule has 0 bridgehead atoms. The number of aromatic amines is 1. The molecule has 4 rings (SSSR count). The minimum Gasteiger partial charge on any atom is -0.340 e. The first kappa shape index (κ1) is 17.1. The minimum absolute atomic E-state index is 0.0260. The Kier molecular flexibility index (Phi) is 4.42. The standard InChI is InChI=1S/C20H26N4O2/c1-13-10-15-16(11-14(13)2)22-20(21-15)17-6-3-4-9-24(17)19(26)12-23-8-5-7-18(23)25/h10-11,17H,3-9,12H2,1-2H3,(H,21,22). The van der Waals surface area contributed by atoms with Gasteiger partial charge in [0.05, 0.1) is 23.6 Å². The number of hydrogen-bond donors (Lipinski definition) is 1. The average molecular weight is 354 g/mol. The molecule has 1 aromatic carbocycles. The van der Waals surface area contributed by atoms with Gasteiger partial charge >= 0.3 is 0 Å². The van der Waals surface area contributed by atoms with Crippen LogP contribution in [0.3, 0.4) is 0 Å². The summed E-state index contributed by atoms with van der Waals surface area (Å²) < 4.78 is 0. The minimum atomic E-state index is -0.0260. The smallest absolute Gasteiger partial charge is 0.242 e. The van der Waals surface area contributed by atoms with Crippen molar-refractivity contribution in [3.05, 3.63) is 29.1 Å². The van der Waals surface area contributed by atoms with Crippen LogP contribution in [0.1, 0.15) is 55.1 Å². The van der Waals surface area contributed by atoms with Gasteiger partial charge in [0.25, 0.3) is 0 Å². The van der Waals surface area contributed by atoms with Crippen molar-refractivity contribution in [2.45, 2.75) is 52.0 Å². The lowest BCUT2D eigenvalue weighted by Gasteiger charge is -2.35. The Morgan fingerprint density at radius 1 is 1.19 bits per heavy atom. The summed E-state index contributed by atoms with van der Waals surface area (Å²) in [7, 11) is 0. The van der Waals surface area contributed by atoms with E-state index in [9.17, 15) is 9.59 Å². The van der Waals surface area contributed by atoms with Gasteiger partial charge < -0.3 is 14.8 Å². The number of piperidine rings is 1. The van der Waals surface area contributed by atoms with Gasteiger partial charge in [0.2, 0.25) is 11.8 Å². The lowest BCUT2D eigenvalue weighted by molar-refractivity contribution is -0.141. The maximum absolute atomic E-state index is 12.9. The van der Waals surface area contributed by atoms with Gasteiger partial charge in [-0.25, -0.2) is 4.98 Å². The Morgan fingerprint density at radius 3 is 2.77 bits per heavy atom. The van der Waals surface area contributed by atoms with Crippen LogP contribution < -0.4 is 0 Å². The van der Waals surface area contributed by atoms with E-state index in [-0.39, 0.29) is 24.4 Å². The number of aromatic nitrogens is 2. The molecule has 1 atom stereocenters. The van der Waals surface area contributed by atoms with Gasteiger partial charge in [0.1, 0.15) is 5.82 Å². The van der Waals surface area contributed by atoms with Crippen molar-refractivity contribution in [3.63, 3.8) is 0 Å². The SMILES string of the molecule is Cc1cc2nc(C3CCCCN3C(=O)CN3CCCC3=O)[nH]c2cc1C. The predicted octanol–water partition coefficient (Wildman–Crippen LogP) is 2.86. The van der Waals surface area contributed by atoms with Gasteiger partial charge in [0.15, 0.2) is 0 Å². The number of nitrogens with one attached hydrogen (secondary N) is 1. The largest absolute Gasteiger partial charge is 0.340 e. The van der Waals surface area contributed by atoms with Crippen LogP contribution in [0.5, 0.6) is 0 Å². The fourth-order valence-electron chi connectivity index (χ4n) is 4.09. The molecule has 1 aromatic heterocycles. The monoisotopic (exact) mass is 354 g/mol. The molecule has 2 saturated heterocycles. The Bertz CT molecular complexity index is 818. The summed E-state index contributed by atoms with van der Waals surface area (Å²) in [6, 6.07) is 4.20. The molecule has 138 valence electrons. The lowest BCUT2D eigenvalue weighted by atomic mass is 10.0. The third-order valence-electron chi connectivity index (χ3n) is 5.75. The van der Waals surface area contributed by atoms with Crippen molar-refractivity contribution >= 4 is 22.8 Å². The summed E-state index contributed by atoms with van der Waals surface area (Å²) >= 11 is 0. The highest BCUT2D eigenvalue weighted by Crippen LogP contribution is 2.31. The van der Waals surface area contributed by atoms with E-state index in [1.807, 2.05) is 4.90 Å². The van der Waals surface area contributed by atoms with Gasteiger partial charge in [-0.3, -0.25) is 9.59 Å². The lowest BCUT2D eigenvalue weighted by Crippen LogP contribution is -2.44. The molecule has 3 heterocycles. The molecule has 2 aliphatic rings. The zero-order valence-electron chi connectivity index (χ0n) is 15.5. The van der Waals surface area contributed by atoms with Crippen LogP contribution in [0.4, 0.5) is 0 Å². The van der Waals surface area contributed by atoms with Crippen LogP contribution in [0.25, 0.3) is 11.0 Å². The van der Waals surface area contributed by atoms with E-state index in [0.29, 0.717) is 13.0 Å². The molecule has 6 nitrogen and oxygen atoms in total. The van der Waals surface area contributed by atoms with Crippen molar-refractivity contribution < 1.29 is 9.59 Å². The van der Waals surface area contributed by atoms with Crippen LogP contribution in [-0.2, 0) is 9.59 Å². The molecule has 0 saturated carbocycles. The number of carbonyl (C=O) groups excluding carboxylic acids is 2. The van der Waals surface area contributed by atoms with Crippen LogP contribution >= 0.6 is 0 Å². The van der Waals surface area contributed by atoms with Crippen LogP contribution in [0.2, 0.25) is 0 Å². The van der Waals surface area contributed by atoms with Gasteiger partial charge in [-0.05, 0) is 62.8 Å². The molecular formula is C20H26N4O2. The molecule has 26 heavy (non-hydrogen) atoms. The van der Waals surface area contributed by atoms with E-state index in [2.05, 4.69) is 31.0 Å². The number of fused-ring (bicyclic) bond motifs is 1. The second-order valence-electron chi connectivity index (χ2n) is 7.59. The van der Waals surface area contributed by atoms with E-state index in [1.165, 1.54) is 11.1 Å². The van der Waals surface area contributed by atoms with E-state index >= 15 is 0 Å². The summed E-state index contributed by atoms with van der Waals surface area (Å²) in [5.74, 6) is 1.00. The number of benzene rings is 1. The quantitative estimate of drug-likeness (QED) is 0.921. The highest BCUT2D eigenvalue weighted by atomic mass is 16.2. The van der Waals surface area contributed by atoms with Gasteiger partial charge in [-0.2, -0.15) is 0 Å². The molecule has 2 amide bonds. The molecule has 2 aliphatic heterocycles. The number of nitrogens with zero attached hydrogens (tertiary/aromatic N) is 3. The number of carbonyl (C=O) groups is 2. The maximum atomic E-state index is 12.9. The molecule has 0 spiro atoms. The second-order valence-corrected chi connectivity index (χ2v) is 7.59. The Labute approximate surface area is 153 Å². The Balaban J connectivity index is 1.59. The normalized spacial score (nSPS) is 21.0. The van der Waals surface area contributed by atoms with Crippen LogP contribution in [0.15, 0.2) is 12.1 Å². The van der Waals surface area contributed by atoms with Crippen molar-refractivity contribution in [2.24, 2.45) is 0 Å². The predicted molar refractivity (Wildman–Crippen MR) is 99.7 cm³/mol. The Morgan fingerprint density at radius 2 is 2.00 bits per heavy atom. The molecule has 1 unspecified atom stereocenters. The molecule has 2 aromatic rings. The van der Waals surface area contributed by atoms with E-state index in [1.54, 1.807) is 4.90 Å². The molecule has 6 heteroatoms. The van der Waals surface area contributed by atoms with Gasteiger partial charge in [0, 0.05) is 19.5 Å². The summed E-state index contributed by atoms with van der Waals surface area (Å²) in [5, 5.41) is 0. The summed E-state index contributed by atoms with van der Waals surface area (Å²) in [5.41, 5.74) is 4.43. The third-order valence-corrected chi connectivity index (χ3v) is 5.75. The number of rotatable bonds is 3. The molecule has 0 aliphatic carbocycles. The summed E-state index contributed by atoms with van der Waals surface area (Å²) in [6.07, 6.45) is 4.44. The first-order valence-electron chi connectivity index (χ1n) is 9.57. The van der Waals surface area contributed by atoms with Crippen molar-refractivity contribution in [1.82, 2.24) is 19.8 Å². The van der Waals surface area contributed by atoms with Gasteiger partial charge in [-0.15, -0.1) is 0 Å². The first-order valence-corrected chi connectivity index (χ1v) is 9.57. The zero-order chi connectivity index (χ0) is 18.3. The number of H-pyrrole nitrogens is 1. The molecule has 2 fully saturated rings. The third kappa shape index (κ3) is 3.08. The van der Waals surface area contributed by atoms with E-state index < -0.39 is 0 Å². The van der Waals surface area contributed by atoms with E-state index in [4.69, 9.17) is 4.98 Å². The highest BCUT2D eigenvalue weighted by Gasteiger charge is 2.32. The molecule has 0 radical (unpaired) electrons. The second kappa shape index (κ2) is 6.74. The first-order chi connectivity index (χ1) is 12.5. The van der Waals surface area contributed by atoms with Crippen LogP contribution in [0, 0.1) is 13.8 Å². The topological polar surface area (TPSA) is 69.3 Å². The van der Waals surface area contributed by atoms with E-state index in [0.717, 1.165) is 49.1 Å².